The Morgan fingerprint density at radius 1 is 0.892 bits per heavy atom. The van der Waals surface area contributed by atoms with Crippen molar-refractivity contribution in [3.8, 4) is 0 Å². The van der Waals surface area contributed by atoms with Gasteiger partial charge < -0.3 is 9.88 Å². The predicted octanol–water partition coefficient (Wildman–Crippen LogP) is 6.27. The third-order valence-corrected chi connectivity index (χ3v) is 7.17. The molecule has 37 heavy (non-hydrogen) atoms. The van der Waals surface area contributed by atoms with Crippen LogP contribution in [0, 0.1) is 5.82 Å². The Hall–Kier alpha value is -3.97. The summed E-state index contributed by atoms with van der Waals surface area (Å²) in [6, 6.07) is 26.4. The van der Waals surface area contributed by atoms with Crippen LogP contribution in [0.4, 0.5) is 4.39 Å². The number of rotatable bonds is 10. The average molecular weight is 511 g/mol. The highest BCUT2D eigenvalue weighted by atomic mass is 32.2. The molecule has 1 amide bonds. The van der Waals surface area contributed by atoms with E-state index >= 15 is 0 Å². The minimum absolute atomic E-state index is 0.0548. The molecule has 0 bridgehead atoms. The number of carbonyl (C=O) groups excluding carboxylic acids is 1. The first-order valence-electron chi connectivity index (χ1n) is 12.2. The number of nitrogens with zero attached hydrogens (tertiary/aromatic N) is 3. The molecule has 5 aromatic rings. The van der Waals surface area contributed by atoms with Gasteiger partial charge in [0.2, 0.25) is 0 Å². The summed E-state index contributed by atoms with van der Waals surface area (Å²) in [7, 11) is 0. The zero-order valence-electron chi connectivity index (χ0n) is 20.3. The second-order valence-corrected chi connectivity index (χ2v) is 9.74. The number of benzene rings is 3. The van der Waals surface area contributed by atoms with Gasteiger partial charge in [-0.2, -0.15) is 0 Å². The summed E-state index contributed by atoms with van der Waals surface area (Å²) in [5.74, 6) is 0.403. The zero-order chi connectivity index (χ0) is 25.5. The Balaban J connectivity index is 1.19. The molecule has 0 aliphatic rings. The molecule has 5 rings (SSSR count). The molecule has 0 aliphatic carbocycles. The minimum atomic E-state index is -0.250. The summed E-state index contributed by atoms with van der Waals surface area (Å²) in [5.41, 5.74) is 5.84. The summed E-state index contributed by atoms with van der Waals surface area (Å²) in [6.45, 7) is 1.22. The fourth-order valence-corrected chi connectivity index (χ4v) is 5.09. The quantitative estimate of drug-likeness (QED) is 0.178. The van der Waals surface area contributed by atoms with Gasteiger partial charge in [-0.25, -0.2) is 9.37 Å². The molecule has 5 nitrogen and oxygen atoms in total. The second kappa shape index (κ2) is 11.8. The number of carbonyl (C=O) groups is 1. The first-order chi connectivity index (χ1) is 18.2. The number of fused-ring (bicyclic) bond motifs is 1. The number of imidazole rings is 1. The van der Waals surface area contributed by atoms with Crippen molar-refractivity contribution in [2.75, 3.05) is 6.54 Å². The van der Waals surface area contributed by atoms with Gasteiger partial charge in [0.05, 0.1) is 23.8 Å². The highest BCUT2D eigenvalue weighted by Crippen LogP contribution is 2.27. The molecule has 186 valence electrons. The smallest absolute Gasteiger partial charge is 0.251 e. The van der Waals surface area contributed by atoms with E-state index < -0.39 is 0 Å². The Labute approximate surface area is 219 Å². The van der Waals surface area contributed by atoms with Crippen molar-refractivity contribution >= 4 is 28.7 Å². The molecule has 0 unspecified atom stereocenters. The highest BCUT2D eigenvalue weighted by Gasteiger charge is 2.13. The molecule has 2 heterocycles. The van der Waals surface area contributed by atoms with Gasteiger partial charge >= 0.3 is 0 Å². The number of hydrogen-bond acceptors (Lipinski definition) is 4. The van der Waals surface area contributed by atoms with Crippen LogP contribution in [-0.2, 0) is 18.7 Å². The van der Waals surface area contributed by atoms with Crippen molar-refractivity contribution in [3.63, 3.8) is 0 Å². The van der Waals surface area contributed by atoms with Crippen LogP contribution in [0.1, 0.15) is 33.5 Å². The Kier molecular flexibility index (Phi) is 7.91. The molecular weight excluding hydrogens is 483 g/mol. The van der Waals surface area contributed by atoms with Crippen LogP contribution in [0.15, 0.2) is 102 Å². The summed E-state index contributed by atoms with van der Waals surface area (Å²) in [6.07, 6.45) is 5.39. The number of pyridine rings is 1. The van der Waals surface area contributed by atoms with E-state index in [4.69, 9.17) is 4.98 Å². The number of thioether (sulfide) groups is 1. The molecule has 0 aliphatic heterocycles. The van der Waals surface area contributed by atoms with Crippen LogP contribution in [0.2, 0.25) is 0 Å². The molecule has 0 fully saturated rings. The largest absolute Gasteiger partial charge is 0.352 e. The van der Waals surface area contributed by atoms with Crippen molar-refractivity contribution in [2.24, 2.45) is 0 Å². The van der Waals surface area contributed by atoms with Crippen LogP contribution in [0.5, 0.6) is 0 Å². The molecule has 1 N–H and O–H groups in total. The fraction of sp³-hybridized carbons (Fsp3) is 0.167. The normalized spacial score (nSPS) is 11.1. The number of halogens is 1. The van der Waals surface area contributed by atoms with Crippen molar-refractivity contribution in [2.45, 2.75) is 30.3 Å². The van der Waals surface area contributed by atoms with E-state index in [1.165, 1.54) is 17.7 Å². The number of aryl methyl sites for hydroxylation is 1. The fourth-order valence-electron chi connectivity index (χ4n) is 4.12. The zero-order valence-corrected chi connectivity index (χ0v) is 21.1. The third-order valence-electron chi connectivity index (χ3n) is 6.12. The summed E-state index contributed by atoms with van der Waals surface area (Å²) in [5, 5.41) is 3.88. The molecule has 2 aromatic heterocycles. The number of aromatic nitrogens is 3. The maximum Gasteiger partial charge on any atom is 0.251 e. The van der Waals surface area contributed by atoms with E-state index in [0.29, 0.717) is 24.4 Å². The number of nitrogens with one attached hydrogen (secondary N) is 1. The lowest BCUT2D eigenvalue weighted by Gasteiger charge is -2.10. The molecule has 3 aromatic carbocycles. The van der Waals surface area contributed by atoms with Gasteiger partial charge in [-0.1, -0.05) is 66.4 Å². The maximum atomic E-state index is 13.4. The summed E-state index contributed by atoms with van der Waals surface area (Å²) < 4.78 is 15.5. The molecular formula is C30H27FN4OS. The van der Waals surface area contributed by atoms with Crippen LogP contribution in [0.25, 0.3) is 11.0 Å². The maximum absolute atomic E-state index is 13.4. The Bertz CT molecular complexity index is 1470. The summed E-state index contributed by atoms with van der Waals surface area (Å²) >= 11 is 1.63. The lowest BCUT2D eigenvalue weighted by Crippen LogP contribution is -2.24. The predicted molar refractivity (Wildman–Crippen MR) is 146 cm³/mol. The van der Waals surface area contributed by atoms with E-state index in [-0.39, 0.29) is 11.7 Å². The summed E-state index contributed by atoms with van der Waals surface area (Å²) in [4.78, 5) is 21.6. The Morgan fingerprint density at radius 2 is 1.65 bits per heavy atom. The molecule has 0 spiro atoms. The molecule has 0 radical (unpaired) electrons. The number of amides is 1. The molecule has 0 saturated heterocycles. The van der Waals surface area contributed by atoms with Gasteiger partial charge in [0.15, 0.2) is 5.16 Å². The third kappa shape index (κ3) is 6.43. The van der Waals surface area contributed by atoms with Gasteiger partial charge in [0, 0.05) is 24.1 Å². The van der Waals surface area contributed by atoms with Crippen molar-refractivity contribution in [1.29, 1.82) is 0 Å². The van der Waals surface area contributed by atoms with Crippen LogP contribution in [0.3, 0.4) is 0 Å². The monoisotopic (exact) mass is 510 g/mol. The van der Waals surface area contributed by atoms with Crippen LogP contribution >= 0.6 is 11.8 Å². The van der Waals surface area contributed by atoms with Crippen molar-refractivity contribution < 1.29 is 9.18 Å². The Morgan fingerprint density at radius 3 is 2.43 bits per heavy atom. The van der Waals surface area contributed by atoms with Gasteiger partial charge in [-0.15, -0.1) is 0 Å². The van der Waals surface area contributed by atoms with E-state index in [2.05, 4.69) is 27.0 Å². The highest BCUT2D eigenvalue weighted by molar-refractivity contribution is 7.98. The average Bonchev–Trinajstić information content (AvgIpc) is 3.29. The van der Waals surface area contributed by atoms with Crippen molar-refractivity contribution in [3.05, 3.63) is 125 Å². The minimum Gasteiger partial charge on any atom is -0.352 e. The second-order valence-electron chi connectivity index (χ2n) is 8.80. The van der Waals surface area contributed by atoms with Gasteiger partial charge in [-0.3, -0.25) is 9.78 Å². The van der Waals surface area contributed by atoms with Crippen molar-refractivity contribution in [1.82, 2.24) is 19.9 Å². The molecule has 7 heteroatoms. The number of hydrogen-bond donors (Lipinski definition) is 1. The first kappa shape index (κ1) is 24.7. The van der Waals surface area contributed by atoms with Crippen LogP contribution < -0.4 is 5.32 Å². The van der Waals surface area contributed by atoms with E-state index in [1.54, 1.807) is 30.1 Å². The SMILES string of the molecule is O=C(NCCCc1ccccc1)c1ccc(CSc2nc3ccncc3n2Cc2ccc(F)cc2)cc1. The van der Waals surface area contributed by atoms with Gasteiger partial charge in [0.1, 0.15) is 5.82 Å². The standard InChI is InChI=1S/C30H27FN4OS/c31-26-14-10-23(11-15-26)20-35-28-19-32-18-16-27(28)34-30(35)37-21-24-8-12-25(13-9-24)29(36)33-17-4-7-22-5-2-1-3-6-22/h1-3,5-6,8-16,18-19H,4,7,17,20-21H2,(H,33,36). The lowest BCUT2D eigenvalue weighted by molar-refractivity contribution is 0.0953. The van der Waals surface area contributed by atoms with Gasteiger partial charge in [-0.05, 0) is 59.9 Å². The topological polar surface area (TPSA) is 59.8 Å². The van der Waals surface area contributed by atoms with E-state index in [1.807, 2.05) is 54.7 Å². The van der Waals surface area contributed by atoms with Gasteiger partial charge in [0.25, 0.3) is 5.91 Å². The van der Waals surface area contributed by atoms with Crippen LogP contribution in [-0.4, -0.2) is 27.0 Å². The molecule has 0 atom stereocenters. The van der Waals surface area contributed by atoms with E-state index in [9.17, 15) is 9.18 Å². The van der Waals surface area contributed by atoms with E-state index in [0.717, 1.165) is 40.2 Å². The lowest BCUT2D eigenvalue weighted by atomic mass is 10.1. The molecule has 0 saturated carbocycles. The first-order valence-corrected chi connectivity index (χ1v) is 13.2.